The first-order chi connectivity index (χ1) is 18.4. The van der Waals surface area contributed by atoms with Crippen LogP contribution in [0, 0.1) is 0 Å². The third-order valence-electron chi connectivity index (χ3n) is 7.79. The molecular weight excluding hydrogens is 448 g/mol. The predicted octanol–water partition coefficient (Wildman–Crippen LogP) is 9.16. The summed E-state index contributed by atoms with van der Waals surface area (Å²) in [6.07, 6.45) is 2.36. The van der Waals surface area contributed by atoms with Gasteiger partial charge in [0.1, 0.15) is 6.17 Å². The Labute approximate surface area is 215 Å². The minimum Gasteiger partial charge on any atom is -0.361 e. The Balaban J connectivity index is 1.50. The molecule has 1 aliphatic heterocycles. The molecule has 7 aromatic rings. The molecule has 0 amide bonds. The molecule has 2 heterocycles. The first kappa shape index (κ1) is 20.4. The van der Waals surface area contributed by atoms with Crippen LogP contribution in [0.2, 0.25) is 0 Å². The molecule has 0 spiro atoms. The summed E-state index contributed by atoms with van der Waals surface area (Å²) in [6.45, 7) is 0. The van der Waals surface area contributed by atoms with Crippen molar-refractivity contribution in [3.05, 3.63) is 145 Å². The van der Waals surface area contributed by atoms with Crippen molar-refractivity contribution in [3.63, 3.8) is 0 Å². The number of fused-ring (bicyclic) bond motifs is 8. The topological polar surface area (TPSA) is 17.0 Å². The second-order valence-corrected chi connectivity index (χ2v) is 9.81. The zero-order chi connectivity index (χ0) is 24.3. The smallest absolute Gasteiger partial charge is 0.124 e. The lowest BCUT2D eigenvalue weighted by Gasteiger charge is -2.29. The molecule has 0 saturated carbocycles. The monoisotopic (exact) mass is 472 g/mol. The predicted molar refractivity (Wildman–Crippen MR) is 157 cm³/mol. The molecule has 2 heteroatoms. The molecule has 0 saturated heterocycles. The van der Waals surface area contributed by atoms with E-state index < -0.39 is 0 Å². The quantitative estimate of drug-likeness (QED) is 0.265. The molecule has 174 valence electrons. The fourth-order valence-corrected chi connectivity index (χ4v) is 6.18. The first-order valence-electron chi connectivity index (χ1n) is 12.8. The van der Waals surface area contributed by atoms with Gasteiger partial charge in [0.05, 0.1) is 11.0 Å². The number of benzene rings is 6. The van der Waals surface area contributed by atoms with Crippen LogP contribution in [0.5, 0.6) is 0 Å². The Hall–Kier alpha value is -4.82. The second kappa shape index (κ2) is 7.84. The molecule has 1 unspecified atom stereocenters. The molecule has 0 aliphatic carbocycles. The zero-order valence-electron chi connectivity index (χ0n) is 20.2. The lowest BCUT2D eigenvalue weighted by atomic mass is 9.93. The van der Waals surface area contributed by atoms with Crippen LogP contribution in [0.4, 0.5) is 5.69 Å². The average molecular weight is 473 g/mol. The molecule has 8 rings (SSSR count). The number of aromatic nitrogens is 1. The third kappa shape index (κ3) is 2.99. The highest BCUT2D eigenvalue weighted by Gasteiger charge is 2.25. The largest absolute Gasteiger partial charge is 0.361 e. The van der Waals surface area contributed by atoms with E-state index in [9.17, 15) is 0 Å². The number of nitrogens with one attached hydrogen (secondary N) is 1. The van der Waals surface area contributed by atoms with E-state index in [0.29, 0.717) is 0 Å². The molecule has 0 bridgehead atoms. The van der Waals surface area contributed by atoms with Crippen molar-refractivity contribution in [2.45, 2.75) is 6.17 Å². The zero-order valence-corrected chi connectivity index (χ0v) is 20.2. The van der Waals surface area contributed by atoms with Crippen LogP contribution in [0.15, 0.2) is 133 Å². The van der Waals surface area contributed by atoms with Crippen molar-refractivity contribution in [1.82, 2.24) is 4.57 Å². The van der Waals surface area contributed by atoms with Crippen molar-refractivity contribution < 1.29 is 0 Å². The van der Waals surface area contributed by atoms with Gasteiger partial charge in [0, 0.05) is 22.0 Å². The molecule has 1 aromatic heterocycles. The summed E-state index contributed by atoms with van der Waals surface area (Å²) >= 11 is 0. The molecule has 1 N–H and O–H groups in total. The lowest BCUT2D eigenvalue weighted by molar-refractivity contribution is 0.722. The lowest BCUT2D eigenvalue weighted by Crippen LogP contribution is -2.20. The van der Waals surface area contributed by atoms with E-state index >= 15 is 0 Å². The van der Waals surface area contributed by atoms with Crippen LogP contribution < -0.4 is 5.32 Å². The number of anilines is 1. The summed E-state index contributed by atoms with van der Waals surface area (Å²) in [5.41, 5.74) is 7.37. The molecule has 1 atom stereocenters. The fraction of sp³-hybridized carbons (Fsp3) is 0.0286. The van der Waals surface area contributed by atoms with Gasteiger partial charge in [-0.25, -0.2) is 0 Å². The molecule has 37 heavy (non-hydrogen) atoms. The fourth-order valence-electron chi connectivity index (χ4n) is 6.18. The number of hydrogen-bond donors (Lipinski definition) is 1. The summed E-state index contributed by atoms with van der Waals surface area (Å²) in [5, 5.41) is 11.6. The van der Waals surface area contributed by atoms with Gasteiger partial charge in [-0.3, -0.25) is 0 Å². The van der Waals surface area contributed by atoms with Crippen molar-refractivity contribution in [2.24, 2.45) is 0 Å². The average Bonchev–Trinajstić information content (AvgIpc) is 3.32. The van der Waals surface area contributed by atoms with E-state index in [-0.39, 0.29) is 6.17 Å². The van der Waals surface area contributed by atoms with E-state index in [1.165, 1.54) is 60.1 Å². The Kier molecular flexibility index (Phi) is 4.32. The van der Waals surface area contributed by atoms with Crippen molar-refractivity contribution in [2.75, 3.05) is 5.32 Å². The van der Waals surface area contributed by atoms with Crippen LogP contribution in [0.1, 0.15) is 17.3 Å². The highest BCUT2D eigenvalue weighted by Crippen LogP contribution is 2.43. The molecule has 1 aliphatic rings. The molecule has 0 radical (unpaired) electrons. The summed E-state index contributed by atoms with van der Waals surface area (Å²) < 4.78 is 2.49. The van der Waals surface area contributed by atoms with E-state index in [1.54, 1.807) is 0 Å². The van der Waals surface area contributed by atoms with Gasteiger partial charge < -0.3 is 9.88 Å². The van der Waals surface area contributed by atoms with Gasteiger partial charge in [0.2, 0.25) is 0 Å². The number of nitrogens with zero attached hydrogens (tertiary/aromatic N) is 1. The van der Waals surface area contributed by atoms with Crippen LogP contribution in [0.25, 0.3) is 48.9 Å². The first-order valence-corrected chi connectivity index (χ1v) is 12.8. The summed E-state index contributed by atoms with van der Waals surface area (Å²) in [5.74, 6) is 0. The number of rotatable bonds is 2. The van der Waals surface area contributed by atoms with Gasteiger partial charge in [-0.05, 0) is 57.0 Å². The summed E-state index contributed by atoms with van der Waals surface area (Å²) in [4.78, 5) is 0. The van der Waals surface area contributed by atoms with Gasteiger partial charge in [-0.1, -0.05) is 109 Å². The van der Waals surface area contributed by atoms with E-state index in [0.717, 1.165) is 5.69 Å². The van der Waals surface area contributed by atoms with E-state index in [4.69, 9.17) is 0 Å². The minimum atomic E-state index is -0.0348. The van der Waals surface area contributed by atoms with Crippen molar-refractivity contribution >= 4 is 54.6 Å². The van der Waals surface area contributed by atoms with Crippen molar-refractivity contribution in [1.29, 1.82) is 0 Å². The molecule has 2 nitrogen and oxygen atoms in total. The molecule has 0 fully saturated rings. The number of para-hydroxylation sites is 1. The Morgan fingerprint density at radius 3 is 1.76 bits per heavy atom. The van der Waals surface area contributed by atoms with E-state index in [1.807, 2.05) is 0 Å². The van der Waals surface area contributed by atoms with Crippen LogP contribution >= 0.6 is 0 Å². The molecular formula is C35H24N2. The van der Waals surface area contributed by atoms with Crippen LogP contribution in [-0.2, 0) is 0 Å². The SMILES string of the molecule is C1=C(c2ccccc2)c2ccccc2NC1n1c2ccc3ccccc3c2c2c3ccccc3ccc21. The Morgan fingerprint density at radius 1 is 0.514 bits per heavy atom. The van der Waals surface area contributed by atoms with Gasteiger partial charge in [-0.2, -0.15) is 0 Å². The Bertz CT molecular complexity index is 1920. The highest BCUT2D eigenvalue weighted by atomic mass is 15.2. The van der Waals surface area contributed by atoms with Crippen molar-refractivity contribution in [3.8, 4) is 0 Å². The highest BCUT2D eigenvalue weighted by molar-refractivity contribution is 6.28. The van der Waals surface area contributed by atoms with Gasteiger partial charge >= 0.3 is 0 Å². The minimum absolute atomic E-state index is 0.0348. The van der Waals surface area contributed by atoms with E-state index in [2.05, 4.69) is 143 Å². The summed E-state index contributed by atoms with van der Waals surface area (Å²) in [7, 11) is 0. The normalized spacial score (nSPS) is 15.1. The van der Waals surface area contributed by atoms with Gasteiger partial charge in [0.15, 0.2) is 0 Å². The maximum absolute atomic E-state index is 3.87. The Morgan fingerprint density at radius 2 is 1.08 bits per heavy atom. The third-order valence-corrected chi connectivity index (χ3v) is 7.79. The summed E-state index contributed by atoms with van der Waals surface area (Å²) in [6, 6.07) is 46.0. The molecule has 6 aromatic carbocycles. The number of hydrogen-bond acceptors (Lipinski definition) is 1. The van der Waals surface area contributed by atoms with Gasteiger partial charge in [-0.15, -0.1) is 0 Å². The maximum Gasteiger partial charge on any atom is 0.124 e. The second-order valence-electron chi connectivity index (χ2n) is 9.81. The maximum atomic E-state index is 3.87. The van der Waals surface area contributed by atoms with Crippen LogP contribution in [0.3, 0.4) is 0 Å². The van der Waals surface area contributed by atoms with Gasteiger partial charge in [0.25, 0.3) is 0 Å². The van der Waals surface area contributed by atoms with Crippen LogP contribution in [-0.4, -0.2) is 4.57 Å². The standard InChI is InChI=1S/C35H24N2/c1-2-10-23(11-3-1)29-22-33(36-30-17-9-8-16-28(29)30)37-31-20-18-24-12-4-6-14-26(24)34(31)35-27-15-7-5-13-25(27)19-21-32(35)37/h1-22,33,36H.